The fourth-order valence-electron chi connectivity index (χ4n) is 4.37. The fraction of sp³-hybridized carbons (Fsp3) is 0.903. The first-order valence-corrected chi connectivity index (χ1v) is 19.0. The maximum atomic E-state index is 11.9. The number of carbonyl (C=O) groups is 1. The van der Waals surface area contributed by atoms with Crippen LogP contribution in [0.5, 0.6) is 0 Å². The van der Waals surface area contributed by atoms with Crippen molar-refractivity contribution in [2.75, 3.05) is 53.0 Å². The number of ether oxygens (including phenoxy) is 1. The zero-order valence-corrected chi connectivity index (χ0v) is 28.1. The Labute approximate surface area is 259 Å². The van der Waals surface area contributed by atoms with Crippen LogP contribution in [0.25, 0.3) is 0 Å². The highest BCUT2D eigenvalue weighted by molar-refractivity contribution is 7.54. The molecule has 9 nitrogen and oxygen atoms in total. The molecular formula is C31H64O9P2. The van der Waals surface area contributed by atoms with E-state index in [4.69, 9.17) is 24.8 Å². The maximum absolute atomic E-state index is 11.9. The summed E-state index contributed by atoms with van der Waals surface area (Å²) < 4.78 is 54.1. The van der Waals surface area contributed by atoms with Crippen LogP contribution >= 0.6 is 15.2 Å². The number of aliphatic hydroxyl groups excluding tert-OH is 1. The molecule has 2 fully saturated rings. The van der Waals surface area contributed by atoms with Crippen LogP contribution in [-0.2, 0) is 36.8 Å². The van der Waals surface area contributed by atoms with E-state index in [1.165, 1.54) is 84.8 Å². The summed E-state index contributed by atoms with van der Waals surface area (Å²) >= 11 is 0. The van der Waals surface area contributed by atoms with Gasteiger partial charge in [-0.05, 0) is 32.1 Å². The number of esters is 1. The van der Waals surface area contributed by atoms with Crippen LogP contribution in [0.1, 0.15) is 119 Å². The average Bonchev–Trinajstić information content (AvgIpc) is 3.58. The Morgan fingerprint density at radius 1 is 0.857 bits per heavy atom. The van der Waals surface area contributed by atoms with Gasteiger partial charge in [0.05, 0.1) is 32.1 Å². The molecule has 2 saturated heterocycles. The lowest BCUT2D eigenvalue weighted by atomic mass is 10.1. The number of aliphatic hydroxyl groups is 1. The van der Waals surface area contributed by atoms with E-state index >= 15 is 0 Å². The highest BCUT2D eigenvalue weighted by atomic mass is 31.2. The quantitative estimate of drug-likeness (QED) is 0.0599. The molecule has 0 aliphatic carbocycles. The summed E-state index contributed by atoms with van der Waals surface area (Å²) in [5.41, 5.74) is 0. The molecule has 0 spiro atoms. The molecule has 0 bridgehead atoms. The van der Waals surface area contributed by atoms with Crippen molar-refractivity contribution >= 4 is 21.2 Å². The third-order valence-electron chi connectivity index (χ3n) is 6.91. The van der Waals surface area contributed by atoms with Crippen LogP contribution < -0.4 is 0 Å². The predicted molar refractivity (Wildman–Crippen MR) is 173 cm³/mol. The van der Waals surface area contributed by atoms with Gasteiger partial charge in [0, 0.05) is 40.5 Å². The van der Waals surface area contributed by atoms with Crippen LogP contribution in [0.4, 0.5) is 0 Å². The largest absolute Gasteiger partial charge is 0.465 e. The first-order chi connectivity index (χ1) is 20.2. The van der Waals surface area contributed by atoms with E-state index in [0.29, 0.717) is 38.9 Å². The van der Waals surface area contributed by atoms with Crippen molar-refractivity contribution in [2.24, 2.45) is 11.8 Å². The van der Waals surface area contributed by atoms with Gasteiger partial charge in [-0.3, -0.25) is 13.9 Å². The van der Waals surface area contributed by atoms with E-state index in [1.54, 1.807) is 6.92 Å². The van der Waals surface area contributed by atoms with Gasteiger partial charge in [0.25, 0.3) is 0 Å². The Kier molecular flexibility index (Phi) is 27.6. The van der Waals surface area contributed by atoms with Crippen LogP contribution in [0, 0.1) is 11.8 Å². The van der Waals surface area contributed by atoms with Crippen LogP contribution in [0.15, 0.2) is 12.2 Å². The molecule has 11 heteroatoms. The molecule has 2 rings (SSSR count). The van der Waals surface area contributed by atoms with Gasteiger partial charge < -0.3 is 27.9 Å². The molecule has 4 atom stereocenters. The monoisotopic (exact) mass is 643 g/mol. The first kappa shape index (κ1) is 41.5. The molecular weight excluding hydrogens is 578 g/mol. The minimum atomic E-state index is -2.92. The van der Waals surface area contributed by atoms with Gasteiger partial charge in [-0.25, -0.2) is 0 Å². The summed E-state index contributed by atoms with van der Waals surface area (Å²) in [6, 6.07) is 0. The van der Waals surface area contributed by atoms with Gasteiger partial charge >= 0.3 is 21.2 Å². The Morgan fingerprint density at radius 3 is 1.76 bits per heavy atom. The summed E-state index contributed by atoms with van der Waals surface area (Å²) in [4.78, 5) is 11.8. The van der Waals surface area contributed by atoms with Crippen molar-refractivity contribution < 1.29 is 43.2 Å². The molecule has 0 amide bonds. The number of hydrogen-bond acceptors (Lipinski definition) is 9. The highest BCUT2D eigenvalue weighted by Gasteiger charge is 2.36. The third kappa shape index (κ3) is 22.0. The summed E-state index contributed by atoms with van der Waals surface area (Å²) in [5.74, 6) is -0.189. The summed E-state index contributed by atoms with van der Waals surface area (Å²) in [7, 11) is -2.95. The Balaban J connectivity index is 0. The van der Waals surface area contributed by atoms with E-state index in [2.05, 4.69) is 23.6 Å². The Bertz CT molecular complexity index is 782. The first-order valence-electron chi connectivity index (χ1n) is 16.2. The normalized spacial score (nSPS) is 25.1. The smallest absolute Gasteiger partial charge is 0.330 e. The molecule has 0 aromatic heterocycles. The SMILES string of the molecule is C.CCCCCCCC/C=C\CCCCCCCC(=O)OCC1COP(=O)(OC)C1.COP1(=O)CC(CO)CO1.[2H]CC. The maximum Gasteiger partial charge on any atom is 0.330 e. The topological polar surface area (TPSA) is 118 Å². The van der Waals surface area contributed by atoms with Gasteiger partial charge in [-0.1, -0.05) is 91.7 Å². The molecule has 0 saturated carbocycles. The lowest BCUT2D eigenvalue weighted by Gasteiger charge is -2.09. The van der Waals surface area contributed by atoms with Crippen LogP contribution in [0.3, 0.4) is 0 Å². The lowest BCUT2D eigenvalue weighted by Crippen LogP contribution is -2.16. The average molecular weight is 644 g/mol. The predicted octanol–water partition coefficient (Wildman–Crippen LogP) is 9.18. The molecule has 0 aromatic carbocycles. The number of unbranched alkanes of at least 4 members (excludes halogenated alkanes) is 11. The number of allylic oxidation sites excluding steroid dienone is 2. The number of carbonyl (C=O) groups excluding carboxylic acids is 1. The molecule has 2 heterocycles. The summed E-state index contributed by atoms with van der Waals surface area (Å²) in [6.07, 6.45) is 22.0. The third-order valence-corrected chi connectivity index (χ3v) is 11.0. The zero-order chi connectivity index (χ0) is 31.5. The van der Waals surface area contributed by atoms with Crippen molar-refractivity contribution in [1.29, 1.82) is 0 Å². The van der Waals surface area contributed by atoms with E-state index in [0.717, 1.165) is 12.8 Å². The fourth-order valence-corrected chi connectivity index (χ4v) is 7.66. The number of hydrogen-bond donors (Lipinski definition) is 1. The van der Waals surface area contributed by atoms with E-state index in [-0.39, 0.29) is 38.4 Å². The molecule has 42 heavy (non-hydrogen) atoms. The molecule has 0 radical (unpaired) electrons. The molecule has 252 valence electrons. The molecule has 2 aliphatic rings. The second kappa shape index (κ2) is 28.0. The van der Waals surface area contributed by atoms with Gasteiger partial charge in [0.15, 0.2) is 0 Å². The summed E-state index contributed by atoms with van der Waals surface area (Å²) in [6.45, 7) is 5.53. The van der Waals surface area contributed by atoms with E-state index in [1.807, 2.05) is 0 Å². The minimum Gasteiger partial charge on any atom is -0.465 e. The number of rotatable bonds is 20. The van der Waals surface area contributed by atoms with Crippen molar-refractivity contribution in [3.8, 4) is 0 Å². The minimum absolute atomic E-state index is 0. The summed E-state index contributed by atoms with van der Waals surface area (Å²) in [5, 5.41) is 8.64. The molecule has 1 N–H and O–H groups in total. The molecule has 4 unspecified atom stereocenters. The second-order valence-corrected chi connectivity index (χ2v) is 14.9. The zero-order valence-electron chi connectivity index (χ0n) is 27.3. The van der Waals surface area contributed by atoms with Gasteiger partial charge in [0.2, 0.25) is 0 Å². The van der Waals surface area contributed by atoms with Gasteiger partial charge in [-0.15, -0.1) is 0 Å². The standard InChI is InChI=1S/C23H43O5P.C5H11O4P.C2H6.CH4/c1-3-4-5-6-7-8-9-10-11-12-13-14-15-16-17-18-23(24)27-19-22-20-28-29(25,21-22)26-2;1-8-10(7)4-5(2-6)3-9-10;1-2;/h10-11,22H,3-9,12-21H2,1-2H3;5-6H,2-4H2,1H3;1-2H3;1H4/b11-10-;;;/i;;1D;. The van der Waals surface area contributed by atoms with Crippen molar-refractivity contribution in [3.63, 3.8) is 0 Å². The second-order valence-electron chi connectivity index (χ2n) is 10.5. The lowest BCUT2D eigenvalue weighted by molar-refractivity contribution is -0.145. The Hall–Kier alpha value is -0.530. The van der Waals surface area contributed by atoms with E-state index in [9.17, 15) is 13.9 Å². The van der Waals surface area contributed by atoms with E-state index < -0.39 is 15.2 Å². The van der Waals surface area contributed by atoms with Crippen molar-refractivity contribution in [3.05, 3.63) is 12.2 Å². The van der Waals surface area contributed by atoms with Crippen LogP contribution in [0.2, 0.25) is 0 Å². The van der Waals surface area contributed by atoms with Gasteiger partial charge in [0.1, 0.15) is 0 Å². The molecule has 0 aromatic rings. The van der Waals surface area contributed by atoms with Crippen molar-refractivity contribution in [1.82, 2.24) is 0 Å². The molecule has 2 aliphatic heterocycles. The van der Waals surface area contributed by atoms with Crippen LogP contribution in [-0.4, -0.2) is 64.0 Å². The Morgan fingerprint density at radius 2 is 1.31 bits per heavy atom. The van der Waals surface area contributed by atoms with Gasteiger partial charge in [-0.2, -0.15) is 0 Å². The highest BCUT2D eigenvalue weighted by Crippen LogP contribution is 2.54. The van der Waals surface area contributed by atoms with Crippen molar-refractivity contribution in [2.45, 2.75) is 118 Å².